The van der Waals surface area contributed by atoms with Crippen LogP contribution < -0.4 is 0 Å². The lowest BCUT2D eigenvalue weighted by molar-refractivity contribution is 0.0958. The van der Waals surface area contributed by atoms with Crippen LogP contribution in [0.25, 0.3) is 0 Å². The topological polar surface area (TPSA) is 17.1 Å². The predicted octanol–water partition coefficient (Wildman–Crippen LogP) is 4.29. The summed E-state index contributed by atoms with van der Waals surface area (Å²) in [5, 5.41) is 0. The van der Waals surface area contributed by atoms with E-state index in [1.807, 2.05) is 6.92 Å². The van der Waals surface area contributed by atoms with Gasteiger partial charge in [-0.3, -0.25) is 4.79 Å². The van der Waals surface area contributed by atoms with E-state index in [4.69, 9.17) is 0 Å². The van der Waals surface area contributed by atoms with Gasteiger partial charge in [-0.1, -0.05) is 24.3 Å². The van der Waals surface area contributed by atoms with Crippen LogP contribution in [-0.2, 0) is 6.42 Å². The molecule has 21 heavy (non-hydrogen) atoms. The van der Waals surface area contributed by atoms with Gasteiger partial charge in [-0.2, -0.15) is 0 Å². The number of carbonyl (C=O) groups excluding carboxylic acids is 1. The SMILES string of the molecule is Cc1cc(F)ccc1C(=O)C1C2CCc3ccccc3C21. The van der Waals surface area contributed by atoms with E-state index in [-0.39, 0.29) is 17.5 Å². The van der Waals surface area contributed by atoms with Gasteiger partial charge in [0, 0.05) is 11.5 Å². The smallest absolute Gasteiger partial charge is 0.167 e. The molecule has 1 fully saturated rings. The van der Waals surface area contributed by atoms with Crippen molar-refractivity contribution in [2.45, 2.75) is 25.7 Å². The average Bonchev–Trinajstić information content (AvgIpc) is 3.21. The molecule has 3 atom stereocenters. The minimum atomic E-state index is -0.275. The second-order valence-electron chi connectivity index (χ2n) is 6.28. The van der Waals surface area contributed by atoms with Crippen molar-refractivity contribution in [1.82, 2.24) is 0 Å². The fraction of sp³-hybridized carbons (Fsp3) is 0.316. The molecule has 2 aromatic carbocycles. The molecule has 0 heterocycles. The van der Waals surface area contributed by atoms with Crippen LogP contribution in [-0.4, -0.2) is 5.78 Å². The number of Topliss-reactive ketones (excluding diaryl/α,β-unsaturated/α-hetero) is 1. The Labute approximate surface area is 123 Å². The van der Waals surface area contributed by atoms with Gasteiger partial charge in [0.2, 0.25) is 0 Å². The first-order chi connectivity index (χ1) is 10.2. The quantitative estimate of drug-likeness (QED) is 0.750. The van der Waals surface area contributed by atoms with E-state index in [0.717, 1.165) is 18.4 Å². The number of halogens is 1. The highest BCUT2D eigenvalue weighted by molar-refractivity contribution is 6.02. The molecule has 0 spiro atoms. The highest BCUT2D eigenvalue weighted by atomic mass is 19.1. The highest BCUT2D eigenvalue weighted by Gasteiger charge is 2.56. The van der Waals surface area contributed by atoms with Crippen LogP contribution in [0.3, 0.4) is 0 Å². The maximum Gasteiger partial charge on any atom is 0.167 e. The molecular weight excluding hydrogens is 263 g/mol. The predicted molar refractivity (Wildman–Crippen MR) is 80.0 cm³/mol. The molecule has 4 rings (SSSR count). The molecule has 0 bridgehead atoms. The lowest BCUT2D eigenvalue weighted by Gasteiger charge is -2.13. The molecule has 0 amide bonds. The Bertz CT molecular complexity index is 734. The second-order valence-corrected chi connectivity index (χ2v) is 6.28. The van der Waals surface area contributed by atoms with Gasteiger partial charge in [-0.05, 0) is 66.5 Å². The molecule has 2 aliphatic rings. The zero-order chi connectivity index (χ0) is 14.6. The molecule has 2 aromatic rings. The number of hydrogen-bond donors (Lipinski definition) is 0. The maximum absolute atomic E-state index is 13.2. The summed E-state index contributed by atoms with van der Waals surface area (Å²) in [4.78, 5) is 12.8. The van der Waals surface area contributed by atoms with Gasteiger partial charge < -0.3 is 0 Å². The molecule has 0 N–H and O–H groups in total. The van der Waals surface area contributed by atoms with Crippen LogP contribution in [0.15, 0.2) is 42.5 Å². The van der Waals surface area contributed by atoms with E-state index in [2.05, 4.69) is 24.3 Å². The first-order valence-corrected chi connectivity index (χ1v) is 7.55. The molecule has 0 aromatic heterocycles. The third-order valence-corrected chi connectivity index (χ3v) is 5.09. The van der Waals surface area contributed by atoms with E-state index in [1.165, 1.54) is 23.3 Å². The molecule has 1 saturated carbocycles. The Morgan fingerprint density at radius 3 is 2.81 bits per heavy atom. The zero-order valence-corrected chi connectivity index (χ0v) is 12.0. The van der Waals surface area contributed by atoms with Crippen molar-refractivity contribution in [2.75, 3.05) is 0 Å². The summed E-state index contributed by atoms with van der Waals surface area (Å²) >= 11 is 0. The summed E-state index contributed by atoms with van der Waals surface area (Å²) in [6.07, 6.45) is 2.17. The van der Waals surface area contributed by atoms with Gasteiger partial charge >= 0.3 is 0 Å². The fourth-order valence-electron chi connectivity index (χ4n) is 4.01. The van der Waals surface area contributed by atoms with Crippen molar-refractivity contribution in [3.8, 4) is 0 Å². The number of rotatable bonds is 2. The Balaban J connectivity index is 1.66. The monoisotopic (exact) mass is 280 g/mol. The first kappa shape index (κ1) is 12.8. The fourth-order valence-corrected chi connectivity index (χ4v) is 4.01. The zero-order valence-electron chi connectivity index (χ0n) is 12.0. The largest absolute Gasteiger partial charge is 0.294 e. The lowest BCUT2D eigenvalue weighted by Crippen LogP contribution is -2.06. The Morgan fingerprint density at radius 2 is 2.00 bits per heavy atom. The minimum Gasteiger partial charge on any atom is -0.294 e. The molecule has 2 aliphatic carbocycles. The molecular formula is C19H17FO. The van der Waals surface area contributed by atoms with Gasteiger partial charge in [0.1, 0.15) is 5.82 Å². The normalized spacial score (nSPS) is 25.9. The van der Waals surface area contributed by atoms with Crippen molar-refractivity contribution < 1.29 is 9.18 Å². The Kier molecular flexibility index (Phi) is 2.75. The van der Waals surface area contributed by atoms with Gasteiger partial charge in [-0.15, -0.1) is 0 Å². The van der Waals surface area contributed by atoms with Gasteiger partial charge in [0.15, 0.2) is 5.78 Å². The maximum atomic E-state index is 13.2. The van der Waals surface area contributed by atoms with Crippen molar-refractivity contribution >= 4 is 5.78 Å². The summed E-state index contributed by atoms with van der Waals surface area (Å²) in [5.41, 5.74) is 4.18. The Morgan fingerprint density at radius 1 is 1.19 bits per heavy atom. The minimum absolute atomic E-state index is 0.0952. The van der Waals surface area contributed by atoms with Gasteiger partial charge in [-0.25, -0.2) is 4.39 Å². The number of aryl methyl sites for hydroxylation is 2. The Hall–Kier alpha value is -1.96. The molecule has 0 radical (unpaired) electrons. The second kappa shape index (κ2) is 4.52. The van der Waals surface area contributed by atoms with E-state index in [1.54, 1.807) is 6.07 Å². The van der Waals surface area contributed by atoms with Crippen LogP contribution in [0.5, 0.6) is 0 Å². The highest BCUT2D eigenvalue weighted by Crippen LogP contribution is 2.60. The first-order valence-electron chi connectivity index (χ1n) is 7.55. The lowest BCUT2D eigenvalue weighted by atomic mass is 9.92. The standard InChI is InChI=1S/C19H17FO/c1-11-10-13(20)7-9-14(11)19(21)18-16-8-6-12-4-2-3-5-15(12)17(16)18/h2-5,7,9-10,16-18H,6,8H2,1H3. The van der Waals surface area contributed by atoms with Crippen LogP contribution in [0, 0.1) is 24.6 Å². The molecule has 106 valence electrons. The summed E-state index contributed by atoms with van der Waals surface area (Å²) < 4.78 is 13.2. The van der Waals surface area contributed by atoms with E-state index >= 15 is 0 Å². The van der Waals surface area contributed by atoms with Crippen molar-refractivity contribution in [3.63, 3.8) is 0 Å². The van der Waals surface area contributed by atoms with Gasteiger partial charge in [0.05, 0.1) is 0 Å². The van der Waals surface area contributed by atoms with E-state index < -0.39 is 0 Å². The number of hydrogen-bond acceptors (Lipinski definition) is 1. The summed E-state index contributed by atoms with van der Waals surface area (Å²) in [7, 11) is 0. The molecule has 0 aliphatic heterocycles. The van der Waals surface area contributed by atoms with E-state index in [9.17, 15) is 9.18 Å². The van der Waals surface area contributed by atoms with Crippen LogP contribution in [0.1, 0.15) is 39.4 Å². The third kappa shape index (κ3) is 1.93. The number of carbonyl (C=O) groups is 1. The number of fused-ring (bicyclic) bond motifs is 3. The molecule has 3 unspecified atom stereocenters. The van der Waals surface area contributed by atoms with Crippen molar-refractivity contribution in [2.24, 2.45) is 11.8 Å². The van der Waals surface area contributed by atoms with Gasteiger partial charge in [0.25, 0.3) is 0 Å². The van der Waals surface area contributed by atoms with Crippen molar-refractivity contribution in [1.29, 1.82) is 0 Å². The summed E-state index contributed by atoms with van der Waals surface area (Å²) in [6, 6.07) is 13.0. The number of benzene rings is 2. The third-order valence-electron chi connectivity index (χ3n) is 5.09. The van der Waals surface area contributed by atoms with Crippen LogP contribution in [0.2, 0.25) is 0 Å². The summed E-state index contributed by atoms with van der Waals surface area (Å²) in [5.74, 6) is 0.878. The molecule has 2 heteroatoms. The summed E-state index contributed by atoms with van der Waals surface area (Å²) in [6.45, 7) is 1.82. The van der Waals surface area contributed by atoms with E-state index in [0.29, 0.717) is 17.4 Å². The average molecular weight is 280 g/mol. The molecule has 0 saturated heterocycles. The van der Waals surface area contributed by atoms with Crippen molar-refractivity contribution in [3.05, 3.63) is 70.5 Å². The molecule has 1 nitrogen and oxygen atoms in total. The van der Waals surface area contributed by atoms with Crippen LogP contribution >= 0.6 is 0 Å². The van der Waals surface area contributed by atoms with Crippen LogP contribution in [0.4, 0.5) is 4.39 Å². The number of ketones is 1.